The molecule has 0 atom stereocenters. The maximum absolute atomic E-state index is 10.1. The van der Waals surface area contributed by atoms with E-state index in [2.05, 4.69) is 27.7 Å². The first-order chi connectivity index (χ1) is 5.00. The van der Waals surface area contributed by atoms with Gasteiger partial charge < -0.3 is 4.79 Å². The van der Waals surface area contributed by atoms with Crippen molar-refractivity contribution in [1.29, 1.82) is 0 Å². The van der Waals surface area contributed by atoms with Crippen molar-refractivity contribution in [2.24, 2.45) is 11.3 Å². The van der Waals surface area contributed by atoms with Gasteiger partial charge in [0, 0.05) is 6.42 Å². The zero-order chi connectivity index (χ0) is 8.91. The third-order valence-electron chi connectivity index (χ3n) is 2.71. The van der Waals surface area contributed by atoms with E-state index in [0.29, 0.717) is 11.3 Å². The van der Waals surface area contributed by atoms with Gasteiger partial charge in [-0.25, -0.2) is 0 Å². The summed E-state index contributed by atoms with van der Waals surface area (Å²) in [6.45, 7) is 9.01. The second-order valence-corrected chi connectivity index (χ2v) is 4.20. The van der Waals surface area contributed by atoms with Crippen molar-refractivity contribution in [2.75, 3.05) is 0 Å². The molecule has 0 heterocycles. The highest BCUT2D eigenvalue weighted by Gasteiger charge is 2.20. The van der Waals surface area contributed by atoms with E-state index < -0.39 is 0 Å². The van der Waals surface area contributed by atoms with Gasteiger partial charge in [0.15, 0.2) is 0 Å². The van der Waals surface area contributed by atoms with Gasteiger partial charge in [-0.3, -0.25) is 0 Å². The lowest BCUT2D eigenvalue weighted by Gasteiger charge is -2.28. The molecular weight excluding hydrogens is 136 g/mol. The summed E-state index contributed by atoms with van der Waals surface area (Å²) in [7, 11) is 0. The lowest BCUT2D eigenvalue weighted by molar-refractivity contribution is -0.108. The maximum atomic E-state index is 10.1. The highest BCUT2D eigenvalue weighted by molar-refractivity contribution is 5.48. The molecule has 66 valence electrons. The van der Waals surface area contributed by atoms with Crippen molar-refractivity contribution in [3.8, 4) is 0 Å². The third-order valence-corrected chi connectivity index (χ3v) is 2.71. The van der Waals surface area contributed by atoms with Gasteiger partial charge in [0.25, 0.3) is 0 Å². The molecular formula is C10H20O. The largest absolute Gasteiger partial charge is 0.303 e. The maximum Gasteiger partial charge on any atom is 0.119 e. The molecule has 0 aromatic carbocycles. The summed E-state index contributed by atoms with van der Waals surface area (Å²) in [4.78, 5) is 10.1. The van der Waals surface area contributed by atoms with E-state index in [0.717, 1.165) is 25.5 Å². The minimum absolute atomic E-state index is 0.392. The highest BCUT2D eigenvalue weighted by Crippen LogP contribution is 2.31. The Hall–Kier alpha value is -0.330. The Bertz CT molecular complexity index is 114. The molecule has 0 saturated heterocycles. The fraction of sp³-hybridized carbons (Fsp3) is 0.900. The Morgan fingerprint density at radius 2 is 1.91 bits per heavy atom. The molecule has 0 aliphatic carbocycles. The Morgan fingerprint density at radius 3 is 2.27 bits per heavy atom. The number of hydrogen-bond donors (Lipinski definition) is 0. The average Bonchev–Trinajstić information content (AvgIpc) is 1.88. The van der Waals surface area contributed by atoms with Crippen LogP contribution in [0.5, 0.6) is 0 Å². The molecule has 0 aromatic heterocycles. The van der Waals surface area contributed by atoms with Gasteiger partial charge >= 0.3 is 0 Å². The van der Waals surface area contributed by atoms with Crippen LogP contribution < -0.4 is 0 Å². The molecule has 1 heteroatoms. The highest BCUT2D eigenvalue weighted by atomic mass is 16.1. The lowest BCUT2D eigenvalue weighted by Crippen LogP contribution is -2.18. The van der Waals surface area contributed by atoms with Gasteiger partial charge in [0.05, 0.1) is 0 Å². The summed E-state index contributed by atoms with van der Waals surface area (Å²) >= 11 is 0. The van der Waals surface area contributed by atoms with Crippen molar-refractivity contribution in [3.63, 3.8) is 0 Å². The van der Waals surface area contributed by atoms with E-state index in [1.54, 1.807) is 0 Å². The number of hydrogen-bond acceptors (Lipinski definition) is 1. The van der Waals surface area contributed by atoms with Crippen molar-refractivity contribution >= 4 is 6.29 Å². The first-order valence-corrected chi connectivity index (χ1v) is 4.44. The standard InChI is InChI=1S/C10H20O/c1-9(2)10(3,4)7-5-6-8-11/h8-9H,5-7H2,1-4H3. The number of rotatable bonds is 5. The predicted molar refractivity (Wildman–Crippen MR) is 48.5 cm³/mol. The molecule has 0 N–H and O–H groups in total. The molecule has 0 aromatic rings. The van der Waals surface area contributed by atoms with Crippen LogP contribution in [0.4, 0.5) is 0 Å². The van der Waals surface area contributed by atoms with E-state index >= 15 is 0 Å². The zero-order valence-corrected chi connectivity index (χ0v) is 8.18. The Labute approximate surface area is 70.2 Å². The number of carbonyl (C=O) groups is 1. The van der Waals surface area contributed by atoms with Crippen LogP contribution in [0.2, 0.25) is 0 Å². The van der Waals surface area contributed by atoms with Crippen LogP contribution in [0.25, 0.3) is 0 Å². The van der Waals surface area contributed by atoms with Crippen LogP contribution in [-0.2, 0) is 4.79 Å². The predicted octanol–water partition coefficient (Wildman–Crippen LogP) is 3.04. The van der Waals surface area contributed by atoms with Crippen LogP contribution in [0.1, 0.15) is 47.0 Å². The lowest BCUT2D eigenvalue weighted by atomic mass is 9.77. The van der Waals surface area contributed by atoms with Crippen molar-refractivity contribution in [2.45, 2.75) is 47.0 Å². The Morgan fingerprint density at radius 1 is 1.36 bits per heavy atom. The summed E-state index contributed by atoms with van der Waals surface area (Å²) in [6.07, 6.45) is 3.92. The van der Waals surface area contributed by atoms with Gasteiger partial charge in [-0.15, -0.1) is 0 Å². The van der Waals surface area contributed by atoms with E-state index in [9.17, 15) is 4.79 Å². The Balaban J connectivity index is 3.63. The van der Waals surface area contributed by atoms with Crippen LogP contribution in [0.3, 0.4) is 0 Å². The molecule has 0 aliphatic heterocycles. The van der Waals surface area contributed by atoms with Crippen molar-refractivity contribution in [1.82, 2.24) is 0 Å². The summed E-state index contributed by atoms with van der Waals surface area (Å²) < 4.78 is 0. The van der Waals surface area contributed by atoms with Crippen molar-refractivity contribution in [3.05, 3.63) is 0 Å². The van der Waals surface area contributed by atoms with Gasteiger partial charge in [0.1, 0.15) is 6.29 Å². The zero-order valence-electron chi connectivity index (χ0n) is 8.18. The Kier molecular flexibility index (Phi) is 4.39. The van der Waals surface area contributed by atoms with Crippen LogP contribution in [0, 0.1) is 11.3 Å². The molecule has 0 saturated carbocycles. The van der Waals surface area contributed by atoms with Gasteiger partial charge in [0.2, 0.25) is 0 Å². The summed E-state index contributed by atoms with van der Waals surface area (Å²) in [5.41, 5.74) is 0.392. The van der Waals surface area contributed by atoms with Gasteiger partial charge in [-0.1, -0.05) is 27.7 Å². The number of unbranched alkanes of at least 4 members (excludes halogenated alkanes) is 1. The summed E-state index contributed by atoms with van der Waals surface area (Å²) in [5.74, 6) is 0.703. The van der Waals surface area contributed by atoms with E-state index in [-0.39, 0.29) is 0 Å². The second kappa shape index (κ2) is 4.53. The number of carbonyl (C=O) groups excluding carboxylic acids is 1. The van der Waals surface area contributed by atoms with Gasteiger partial charge in [-0.05, 0) is 24.2 Å². The molecule has 0 aliphatic rings. The van der Waals surface area contributed by atoms with Crippen molar-refractivity contribution < 1.29 is 4.79 Å². The van der Waals surface area contributed by atoms with Crippen LogP contribution >= 0.6 is 0 Å². The monoisotopic (exact) mass is 156 g/mol. The summed E-state index contributed by atoms with van der Waals surface area (Å²) in [5, 5.41) is 0. The molecule has 1 nitrogen and oxygen atoms in total. The molecule has 0 bridgehead atoms. The van der Waals surface area contributed by atoms with Gasteiger partial charge in [-0.2, -0.15) is 0 Å². The molecule has 0 radical (unpaired) electrons. The molecule has 0 spiro atoms. The average molecular weight is 156 g/mol. The molecule has 0 amide bonds. The fourth-order valence-corrected chi connectivity index (χ4v) is 0.930. The number of aldehydes is 1. The molecule has 11 heavy (non-hydrogen) atoms. The minimum atomic E-state index is 0.392. The SMILES string of the molecule is CC(C)C(C)(C)CCCC=O. The summed E-state index contributed by atoms with van der Waals surface area (Å²) in [6, 6.07) is 0. The van der Waals surface area contributed by atoms with E-state index in [4.69, 9.17) is 0 Å². The first-order valence-electron chi connectivity index (χ1n) is 4.44. The minimum Gasteiger partial charge on any atom is -0.303 e. The topological polar surface area (TPSA) is 17.1 Å². The molecule has 0 unspecified atom stereocenters. The van der Waals surface area contributed by atoms with E-state index in [1.807, 2.05) is 0 Å². The van der Waals surface area contributed by atoms with Crippen LogP contribution in [0.15, 0.2) is 0 Å². The quantitative estimate of drug-likeness (QED) is 0.441. The smallest absolute Gasteiger partial charge is 0.119 e. The van der Waals surface area contributed by atoms with Crippen LogP contribution in [-0.4, -0.2) is 6.29 Å². The fourth-order valence-electron chi connectivity index (χ4n) is 0.930. The molecule has 0 rings (SSSR count). The normalized spacial score (nSPS) is 12.1. The third kappa shape index (κ3) is 4.18. The molecule has 0 fully saturated rings. The first kappa shape index (κ1) is 10.7. The van der Waals surface area contributed by atoms with E-state index in [1.165, 1.54) is 0 Å². The second-order valence-electron chi connectivity index (χ2n) is 4.20.